The lowest BCUT2D eigenvalue weighted by atomic mass is 9.92. The normalized spacial score (nSPS) is 17.1. The molecule has 1 unspecified atom stereocenters. The number of methoxy groups -OCH3 is 1. The van der Waals surface area contributed by atoms with Gasteiger partial charge in [0.25, 0.3) is 11.7 Å². The van der Waals surface area contributed by atoms with Crippen molar-refractivity contribution in [3.05, 3.63) is 106 Å². The van der Waals surface area contributed by atoms with Crippen LogP contribution in [-0.2, 0) is 25.5 Å². The van der Waals surface area contributed by atoms with Gasteiger partial charge in [-0.1, -0.05) is 36.4 Å². The molecule has 1 aliphatic rings. The smallest absolute Gasteiger partial charge is 0.309 e. The molecule has 3 aromatic rings. The summed E-state index contributed by atoms with van der Waals surface area (Å²) in [4.78, 5) is 39.3. The van der Waals surface area contributed by atoms with Crippen LogP contribution in [0.3, 0.4) is 0 Å². The molecule has 7 heteroatoms. The maximum atomic E-state index is 13.4. The predicted octanol–water partition coefficient (Wildman–Crippen LogP) is 4.48. The minimum atomic E-state index is -0.891. The number of carbonyl (C=O) groups is 3. The molecular weight excluding hydrogens is 437 g/mol. The molecule has 172 valence electrons. The molecule has 6 nitrogen and oxygen atoms in total. The summed E-state index contributed by atoms with van der Waals surface area (Å²) in [6.07, 6.45) is 0.0708. The lowest BCUT2D eigenvalue weighted by Gasteiger charge is -2.26. The van der Waals surface area contributed by atoms with E-state index in [2.05, 4.69) is 4.74 Å². The van der Waals surface area contributed by atoms with Crippen molar-refractivity contribution in [1.29, 1.82) is 0 Å². The number of nitrogens with zero attached hydrogens (tertiary/aromatic N) is 1. The molecule has 1 saturated heterocycles. The highest BCUT2D eigenvalue weighted by Gasteiger charge is 2.47. The number of Topliss-reactive ketones (excluding diaryl/α,β-unsaturated/α-hetero) is 1. The van der Waals surface area contributed by atoms with Gasteiger partial charge in [-0.15, -0.1) is 0 Å². The summed E-state index contributed by atoms with van der Waals surface area (Å²) in [7, 11) is 1.31. The number of ether oxygens (including phenoxy) is 1. The van der Waals surface area contributed by atoms with Crippen molar-refractivity contribution in [2.45, 2.75) is 19.4 Å². The molecule has 0 aliphatic carbocycles. The summed E-state index contributed by atoms with van der Waals surface area (Å²) in [5.41, 5.74) is 2.76. The minimum Gasteiger partial charge on any atom is -0.507 e. The highest BCUT2D eigenvalue weighted by atomic mass is 19.1. The number of amides is 1. The molecule has 0 bridgehead atoms. The fourth-order valence-electron chi connectivity index (χ4n) is 4.06. The summed E-state index contributed by atoms with van der Waals surface area (Å²) in [5, 5.41) is 11.1. The Morgan fingerprint density at radius 1 is 1.00 bits per heavy atom. The fraction of sp³-hybridized carbons (Fsp3) is 0.148. The van der Waals surface area contributed by atoms with Gasteiger partial charge in [-0.2, -0.15) is 0 Å². The van der Waals surface area contributed by atoms with Gasteiger partial charge in [0, 0.05) is 11.3 Å². The standard InChI is InChI=1S/C27H22FNO5/c1-16-5-3-4-6-21(16)24-23(25(31)18-9-11-19(28)12-10-18)26(32)27(33)29(24)20-13-7-17(8-14-20)15-22(30)34-2/h3-14,24,31H,15H2,1-2H3/b25-23-. The van der Waals surface area contributed by atoms with Gasteiger partial charge in [0.2, 0.25) is 0 Å². The van der Waals surface area contributed by atoms with E-state index in [9.17, 15) is 23.9 Å². The number of aliphatic hydroxyl groups excluding tert-OH is 1. The van der Waals surface area contributed by atoms with Crippen LogP contribution >= 0.6 is 0 Å². The Bertz CT molecular complexity index is 1300. The Hall–Kier alpha value is -4.26. The second-order valence-electron chi connectivity index (χ2n) is 7.95. The first-order valence-corrected chi connectivity index (χ1v) is 10.6. The van der Waals surface area contributed by atoms with Gasteiger partial charge < -0.3 is 9.84 Å². The zero-order valence-corrected chi connectivity index (χ0v) is 18.6. The molecule has 3 aromatic carbocycles. The van der Waals surface area contributed by atoms with Gasteiger partial charge in [-0.05, 0) is 60.0 Å². The van der Waals surface area contributed by atoms with Gasteiger partial charge in [0.15, 0.2) is 0 Å². The second kappa shape index (κ2) is 9.31. The van der Waals surface area contributed by atoms with Crippen molar-refractivity contribution in [2.24, 2.45) is 0 Å². The van der Waals surface area contributed by atoms with Crippen molar-refractivity contribution in [1.82, 2.24) is 0 Å². The number of ketones is 1. The molecule has 4 rings (SSSR count). The van der Waals surface area contributed by atoms with Crippen molar-refractivity contribution in [3.63, 3.8) is 0 Å². The molecule has 1 amide bonds. The number of aryl methyl sites for hydroxylation is 1. The Morgan fingerprint density at radius 2 is 1.65 bits per heavy atom. The maximum Gasteiger partial charge on any atom is 0.309 e. The zero-order valence-electron chi connectivity index (χ0n) is 18.6. The quantitative estimate of drug-likeness (QED) is 0.263. The number of carbonyl (C=O) groups excluding carboxylic acids is 3. The molecule has 1 N–H and O–H groups in total. The minimum absolute atomic E-state index is 0.0708. The first-order valence-electron chi connectivity index (χ1n) is 10.6. The first kappa shape index (κ1) is 22.9. The Balaban J connectivity index is 1.86. The van der Waals surface area contributed by atoms with Crippen LogP contribution in [0, 0.1) is 12.7 Å². The van der Waals surface area contributed by atoms with Crippen LogP contribution in [0.15, 0.2) is 78.4 Å². The van der Waals surface area contributed by atoms with Gasteiger partial charge >= 0.3 is 5.97 Å². The van der Waals surface area contributed by atoms with Crippen LogP contribution in [0.1, 0.15) is 28.3 Å². The largest absolute Gasteiger partial charge is 0.507 e. The Labute approximate surface area is 195 Å². The van der Waals surface area contributed by atoms with Crippen molar-refractivity contribution >= 4 is 29.1 Å². The van der Waals surface area contributed by atoms with E-state index in [0.29, 0.717) is 16.8 Å². The number of esters is 1. The van der Waals surface area contributed by atoms with E-state index in [1.54, 1.807) is 36.4 Å². The lowest BCUT2D eigenvalue weighted by molar-refractivity contribution is -0.139. The number of hydrogen-bond donors (Lipinski definition) is 1. The average molecular weight is 459 g/mol. The van der Waals surface area contributed by atoms with Crippen LogP contribution in [-0.4, -0.2) is 29.9 Å². The van der Waals surface area contributed by atoms with Gasteiger partial charge in [-0.3, -0.25) is 19.3 Å². The van der Waals surface area contributed by atoms with Gasteiger partial charge in [-0.25, -0.2) is 4.39 Å². The molecule has 1 heterocycles. The van der Waals surface area contributed by atoms with E-state index in [0.717, 1.165) is 5.56 Å². The van der Waals surface area contributed by atoms with Crippen molar-refractivity contribution in [3.8, 4) is 0 Å². The monoisotopic (exact) mass is 459 g/mol. The average Bonchev–Trinajstić information content (AvgIpc) is 3.10. The summed E-state index contributed by atoms with van der Waals surface area (Å²) in [6.45, 7) is 1.85. The van der Waals surface area contributed by atoms with Crippen molar-refractivity contribution < 1.29 is 28.6 Å². The van der Waals surface area contributed by atoms with Crippen molar-refractivity contribution in [2.75, 3.05) is 12.0 Å². The summed E-state index contributed by atoms with van der Waals surface area (Å²) in [5.74, 6) is -2.89. The van der Waals surface area contributed by atoms with Crippen LogP contribution in [0.25, 0.3) is 5.76 Å². The topological polar surface area (TPSA) is 83.9 Å². The number of halogens is 1. The molecule has 1 aliphatic heterocycles. The van der Waals surface area contributed by atoms with E-state index >= 15 is 0 Å². The summed E-state index contributed by atoms with van der Waals surface area (Å²) >= 11 is 0. The van der Waals surface area contributed by atoms with Gasteiger partial charge in [0.1, 0.15) is 11.6 Å². The van der Waals surface area contributed by atoms with E-state index < -0.39 is 29.5 Å². The molecule has 1 atom stereocenters. The van der Waals surface area contributed by atoms with Crippen LogP contribution in [0.2, 0.25) is 0 Å². The molecule has 0 saturated carbocycles. The third-order valence-corrected chi connectivity index (χ3v) is 5.84. The maximum absolute atomic E-state index is 13.4. The highest BCUT2D eigenvalue weighted by molar-refractivity contribution is 6.51. The Morgan fingerprint density at radius 3 is 2.26 bits per heavy atom. The molecular formula is C27H22FNO5. The number of rotatable bonds is 5. The summed E-state index contributed by atoms with van der Waals surface area (Å²) < 4.78 is 18.1. The van der Waals surface area contributed by atoms with Crippen LogP contribution in [0.4, 0.5) is 10.1 Å². The zero-order chi connectivity index (χ0) is 24.4. The molecule has 34 heavy (non-hydrogen) atoms. The SMILES string of the molecule is COC(=O)Cc1ccc(N2C(=O)C(=O)/C(=C(\O)c3ccc(F)cc3)C2c2ccccc2C)cc1. The molecule has 0 spiro atoms. The van der Waals surface area contributed by atoms with Crippen LogP contribution < -0.4 is 4.90 Å². The first-order chi connectivity index (χ1) is 16.3. The number of anilines is 1. The number of aliphatic hydroxyl groups is 1. The molecule has 0 radical (unpaired) electrons. The van der Waals surface area contributed by atoms with E-state index in [-0.39, 0.29) is 23.3 Å². The number of benzene rings is 3. The molecule has 0 aromatic heterocycles. The predicted molar refractivity (Wildman–Crippen MR) is 125 cm³/mol. The molecule has 1 fully saturated rings. The van der Waals surface area contributed by atoms with Crippen LogP contribution in [0.5, 0.6) is 0 Å². The highest BCUT2D eigenvalue weighted by Crippen LogP contribution is 2.43. The van der Waals surface area contributed by atoms with E-state index in [4.69, 9.17) is 0 Å². The van der Waals surface area contributed by atoms with Gasteiger partial charge in [0.05, 0.1) is 25.1 Å². The number of hydrogen-bond acceptors (Lipinski definition) is 5. The summed E-state index contributed by atoms with van der Waals surface area (Å²) in [6, 6.07) is 18.1. The Kier molecular flexibility index (Phi) is 6.27. The van der Waals surface area contributed by atoms with E-state index in [1.807, 2.05) is 19.1 Å². The fourth-order valence-corrected chi connectivity index (χ4v) is 4.06. The van der Waals surface area contributed by atoms with E-state index in [1.165, 1.54) is 36.3 Å². The third kappa shape index (κ3) is 4.20. The lowest BCUT2D eigenvalue weighted by Crippen LogP contribution is -2.29. The third-order valence-electron chi connectivity index (χ3n) is 5.84. The second-order valence-corrected chi connectivity index (χ2v) is 7.95.